The van der Waals surface area contributed by atoms with Gasteiger partial charge in [-0.15, -0.1) is 0 Å². The standard InChI is InChI=1S/C10H17NOSi/c1-7-11-8(2)10(9(3)12-11)13(4,5)6/h1,8H,2-6H3. The normalized spacial score (nSPS) is 23.1. The summed E-state index contributed by atoms with van der Waals surface area (Å²) in [6.07, 6.45) is 5.33. The quantitative estimate of drug-likeness (QED) is 0.470. The zero-order valence-corrected chi connectivity index (χ0v) is 10.0. The van der Waals surface area contributed by atoms with Crippen LogP contribution in [0.3, 0.4) is 0 Å². The van der Waals surface area contributed by atoms with Crippen LogP contribution in [0.2, 0.25) is 19.6 Å². The molecule has 0 aliphatic carbocycles. The van der Waals surface area contributed by atoms with E-state index >= 15 is 0 Å². The predicted molar refractivity (Wildman–Crippen MR) is 57.3 cm³/mol. The second-order valence-electron chi connectivity index (χ2n) is 4.44. The predicted octanol–water partition coefficient (Wildman–Crippen LogP) is 2.36. The van der Waals surface area contributed by atoms with Crippen LogP contribution in [0, 0.1) is 12.5 Å². The van der Waals surface area contributed by atoms with E-state index in [1.807, 2.05) is 6.92 Å². The summed E-state index contributed by atoms with van der Waals surface area (Å²) in [6.45, 7) is 11.0. The summed E-state index contributed by atoms with van der Waals surface area (Å²) in [6, 6.07) is 2.78. The van der Waals surface area contributed by atoms with Crippen molar-refractivity contribution < 1.29 is 4.84 Å². The highest BCUT2D eigenvalue weighted by atomic mass is 28.3. The fraction of sp³-hybridized carbons (Fsp3) is 0.600. The van der Waals surface area contributed by atoms with Crippen molar-refractivity contribution in [3.05, 3.63) is 11.0 Å². The molecule has 0 saturated heterocycles. The molecule has 1 heterocycles. The van der Waals surface area contributed by atoms with Crippen LogP contribution >= 0.6 is 0 Å². The van der Waals surface area contributed by atoms with Crippen molar-refractivity contribution in [3.8, 4) is 12.5 Å². The Hall–Kier alpha value is -0.883. The minimum atomic E-state index is -1.29. The molecule has 1 aliphatic heterocycles. The summed E-state index contributed by atoms with van der Waals surface area (Å²) in [4.78, 5) is 5.47. The van der Waals surface area contributed by atoms with E-state index in [0.29, 0.717) is 0 Å². The van der Waals surface area contributed by atoms with E-state index in [0.717, 1.165) is 5.76 Å². The molecule has 0 aromatic rings. The first-order valence-corrected chi connectivity index (χ1v) is 8.02. The van der Waals surface area contributed by atoms with E-state index in [-0.39, 0.29) is 6.04 Å². The first-order valence-electron chi connectivity index (χ1n) is 4.52. The largest absolute Gasteiger partial charge is 0.376 e. The molecule has 0 radical (unpaired) electrons. The maximum absolute atomic E-state index is 5.47. The molecule has 0 bridgehead atoms. The molecule has 0 amide bonds. The molecule has 0 fully saturated rings. The van der Waals surface area contributed by atoms with Crippen LogP contribution in [0.15, 0.2) is 11.0 Å². The third-order valence-corrected chi connectivity index (χ3v) is 4.71. The Morgan fingerprint density at radius 1 is 1.46 bits per heavy atom. The fourth-order valence-electron chi connectivity index (χ4n) is 1.98. The SMILES string of the molecule is C#CN1OC(C)=C([Si](C)(C)C)C1C. The van der Waals surface area contributed by atoms with E-state index in [9.17, 15) is 0 Å². The van der Waals surface area contributed by atoms with Crippen LogP contribution in [-0.4, -0.2) is 19.2 Å². The van der Waals surface area contributed by atoms with Gasteiger partial charge in [-0.05, 0) is 19.0 Å². The van der Waals surface area contributed by atoms with Crippen molar-refractivity contribution in [2.45, 2.75) is 39.5 Å². The van der Waals surface area contributed by atoms with Crippen molar-refractivity contribution in [1.29, 1.82) is 0 Å². The van der Waals surface area contributed by atoms with E-state index in [2.05, 4.69) is 32.6 Å². The molecule has 13 heavy (non-hydrogen) atoms. The Balaban J connectivity index is 2.99. The Bertz CT molecular complexity index is 282. The van der Waals surface area contributed by atoms with Gasteiger partial charge in [0.1, 0.15) is 5.76 Å². The minimum Gasteiger partial charge on any atom is -0.376 e. The third-order valence-electron chi connectivity index (χ3n) is 2.32. The first kappa shape index (κ1) is 10.2. The second-order valence-corrected chi connectivity index (χ2v) is 9.48. The number of hydrogen-bond donors (Lipinski definition) is 0. The fourth-order valence-corrected chi connectivity index (χ4v) is 4.45. The smallest absolute Gasteiger partial charge is 0.127 e. The lowest BCUT2D eigenvalue weighted by Crippen LogP contribution is -2.34. The van der Waals surface area contributed by atoms with Crippen molar-refractivity contribution in [1.82, 2.24) is 5.06 Å². The zero-order chi connectivity index (χ0) is 10.2. The average molecular weight is 195 g/mol. The molecule has 1 unspecified atom stereocenters. The topological polar surface area (TPSA) is 12.5 Å². The van der Waals surface area contributed by atoms with Crippen LogP contribution in [0.5, 0.6) is 0 Å². The highest BCUT2D eigenvalue weighted by Crippen LogP contribution is 2.31. The molecule has 0 aromatic carbocycles. The lowest BCUT2D eigenvalue weighted by atomic mass is 10.3. The van der Waals surface area contributed by atoms with Gasteiger partial charge in [0.25, 0.3) is 0 Å². The lowest BCUT2D eigenvalue weighted by Gasteiger charge is -2.22. The Kier molecular flexibility index (Phi) is 2.44. The van der Waals surface area contributed by atoms with Gasteiger partial charge in [0, 0.05) is 6.04 Å². The molecule has 0 saturated carbocycles. The zero-order valence-electron chi connectivity index (χ0n) is 9.01. The van der Waals surface area contributed by atoms with Gasteiger partial charge in [-0.25, -0.2) is 0 Å². The summed E-state index contributed by atoms with van der Waals surface area (Å²) >= 11 is 0. The highest BCUT2D eigenvalue weighted by molar-refractivity contribution is 6.83. The Morgan fingerprint density at radius 2 is 2.00 bits per heavy atom. The monoisotopic (exact) mass is 195 g/mol. The first-order chi connectivity index (χ1) is 5.88. The number of hydroxylamine groups is 2. The summed E-state index contributed by atoms with van der Waals surface area (Å²) in [5.74, 6) is 1.00. The number of terminal acetylenes is 1. The van der Waals surface area contributed by atoms with Gasteiger partial charge >= 0.3 is 0 Å². The van der Waals surface area contributed by atoms with Gasteiger partial charge in [-0.2, -0.15) is 5.06 Å². The summed E-state index contributed by atoms with van der Waals surface area (Å²) in [7, 11) is -1.29. The Labute approximate surface area is 81.5 Å². The molecule has 1 atom stereocenters. The van der Waals surface area contributed by atoms with Crippen molar-refractivity contribution >= 4 is 8.07 Å². The molecule has 1 rings (SSSR count). The van der Waals surface area contributed by atoms with Gasteiger partial charge in [0.15, 0.2) is 0 Å². The molecule has 3 heteroatoms. The van der Waals surface area contributed by atoms with Gasteiger partial charge in [0.05, 0.1) is 14.1 Å². The molecule has 1 aliphatic rings. The molecule has 0 aromatic heterocycles. The number of nitrogens with zero attached hydrogens (tertiary/aromatic N) is 1. The van der Waals surface area contributed by atoms with Crippen molar-refractivity contribution in [2.75, 3.05) is 0 Å². The maximum Gasteiger partial charge on any atom is 0.127 e. The van der Waals surface area contributed by atoms with Gasteiger partial charge in [-0.1, -0.05) is 26.1 Å². The van der Waals surface area contributed by atoms with Gasteiger partial charge in [-0.3, -0.25) is 0 Å². The molecular formula is C10H17NOSi. The number of allylic oxidation sites excluding steroid dienone is 1. The molecule has 72 valence electrons. The lowest BCUT2D eigenvalue weighted by molar-refractivity contribution is -0.0551. The molecule has 2 nitrogen and oxygen atoms in total. The van der Waals surface area contributed by atoms with Crippen LogP contribution in [0.25, 0.3) is 0 Å². The van der Waals surface area contributed by atoms with Crippen molar-refractivity contribution in [3.63, 3.8) is 0 Å². The molecular weight excluding hydrogens is 178 g/mol. The summed E-state index contributed by atoms with van der Waals surface area (Å²) in [5.41, 5.74) is 0. The van der Waals surface area contributed by atoms with E-state index in [1.165, 1.54) is 5.20 Å². The van der Waals surface area contributed by atoms with E-state index in [1.54, 1.807) is 5.06 Å². The van der Waals surface area contributed by atoms with Crippen LogP contribution in [-0.2, 0) is 4.84 Å². The van der Waals surface area contributed by atoms with E-state index < -0.39 is 8.07 Å². The highest BCUT2D eigenvalue weighted by Gasteiger charge is 2.36. The Morgan fingerprint density at radius 3 is 2.23 bits per heavy atom. The molecule has 0 N–H and O–H groups in total. The van der Waals surface area contributed by atoms with Crippen LogP contribution in [0.4, 0.5) is 0 Å². The maximum atomic E-state index is 5.47. The average Bonchev–Trinajstić information content (AvgIpc) is 2.24. The second kappa shape index (κ2) is 3.11. The van der Waals surface area contributed by atoms with Crippen LogP contribution in [0.1, 0.15) is 13.8 Å². The summed E-state index contributed by atoms with van der Waals surface area (Å²) in [5, 5.41) is 3.02. The van der Waals surface area contributed by atoms with Crippen molar-refractivity contribution in [2.24, 2.45) is 0 Å². The van der Waals surface area contributed by atoms with Gasteiger partial charge in [0.2, 0.25) is 0 Å². The minimum absolute atomic E-state index is 0.247. The number of hydrogen-bond acceptors (Lipinski definition) is 2. The van der Waals surface area contributed by atoms with Crippen LogP contribution < -0.4 is 0 Å². The van der Waals surface area contributed by atoms with Gasteiger partial charge < -0.3 is 4.84 Å². The third kappa shape index (κ3) is 1.73. The van der Waals surface area contributed by atoms with E-state index in [4.69, 9.17) is 11.3 Å². The number of rotatable bonds is 1. The molecule has 0 spiro atoms. The summed E-state index contributed by atoms with van der Waals surface area (Å²) < 4.78 is 0.